The Morgan fingerprint density at radius 2 is 2.11 bits per heavy atom. The number of nitrogens with zero attached hydrogens (tertiary/aromatic N) is 2. The monoisotopic (exact) mass is 261 g/mol. The molecule has 0 bridgehead atoms. The van der Waals surface area contributed by atoms with Crippen LogP contribution in [0.15, 0.2) is 12.1 Å². The predicted octanol–water partition coefficient (Wildman–Crippen LogP) is 3.12. The van der Waals surface area contributed by atoms with E-state index in [1.807, 2.05) is 0 Å². The van der Waals surface area contributed by atoms with E-state index < -0.39 is 0 Å². The van der Waals surface area contributed by atoms with Crippen LogP contribution < -0.4 is 10.2 Å². The third-order valence-corrected chi connectivity index (χ3v) is 3.74. The highest BCUT2D eigenvalue weighted by molar-refractivity contribution is 5.42. The lowest BCUT2D eigenvalue weighted by Crippen LogP contribution is -2.35. The fraction of sp³-hybridized carbons (Fsp3) is 0.688. The lowest BCUT2D eigenvalue weighted by atomic mass is 10.1. The minimum Gasteiger partial charge on any atom is -0.356 e. The van der Waals surface area contributed by atoms with E-state index in [9.17, 15) is 0 Å². The Hall–Kier alpha value is -1.09. The molecule has 3 heteroatoms. The van der Waals surface area contributed by atoms with E-state index in [0.717, 1.165) is 37.1 Å². The molecule has 1 aliphatic rings. The Morgan fingerprint density at radius 3 is 2.63 bits per heavy atom. The highest BCUT2D eigenvalue weighted by Gasteiger charge is 2.20. The van der Waals surface area contributed by atoms with Gasteiger partial charge in [0.25, 0.3) is 0 Å². The molecule has 1 atom stereocenters. The number of rotatable bonds is 3. The van der Waals surface area contributed by atoms with Crippen molar-refractivity contribution in [2.75, 3.05) is 18.0 Å². The van der Waals surface area contributed by atoms with Crippen LogP contribution in [-0.4, -0.2) is 23.6 Å². The summed E-state index contributed by atoms with van der Waals surface area (Å²) in [6.45, 7) is 14.2. The third kappa shape index (κ3) is 3.93. The number of anilines is 1. The molecule has 19 heavy (non-hydrogen) atoms. The van der Waals surface area contributed by atoms with E-state index in [1.54, 1.807) is 0 Å². The molecule has 1 N–H and O–H groups in total. The molecule has 0 amide bonds. The molecule has 1 aromatic rings. The number of hydrogen-bond acceptors (Lipinski definition) is 3. The van der Waals surface area contributed by atoms with Crippen LogP contribution in [0.1, 0.15) is 45.4 Å². The first kappa shape index (κ1) is 14.3. The number of pyridine rings is 1. The van der Waals surface area contributed by atoms with Crippen LogP contribution >= 0.6 is 0 Å². The highest BCUT2D eigenvalue weighted by atomic mass is 15.2. The molecule has 1 unspecified atom stereocenters. The SMILES string of the molecule is Cc1nc(N2CCC(C)C2)ccc1CNC(C)(C)C. The largest absolute Gasteiger partial charge is 0.356 e. The second kappa shape index (κ2) is 5.49. The van der Waals surface area contributed by atoms with Crippen LogP contribution in [0.2, 0.25) is 0 Å². The topological polar surface area (TPSA) is 28.2 Å². The predicted molar refractivity (Wildman–Crippen MR) is 81.6 cm³/mol. The molecule has 0 aliphatic carbocycles. The van der Waals surface area contributed by atoms with Gasteiger partial charge in [0.15, 0.2) is 0 Å². The van der Waals surface area contributed by atoms with Crippen LogP contribution in [0.5, 0.6) is 0 Å². The summed E-state index contributed by atoms with van der Waals surface area (Å²) in [4.78, 5) is 7.18. The summed E-state index contributed by atoms with van der Waals surface area (Å²) >= 11 is 0. The normalized spacial score (nSPS) is 20.1. The second-order valence-corrected chi connectivity index (χ2v) is 6.86. The van der Waals surface area contributed by atoms with Crippen LogP contribution in [0, 0.1) is 12.8 Å². The summed E-state index contributed by atoms with van der Waals surface area (Å²) in [5, 5.41) is 3.52. The van der Waals surface area contributed by atoms with E-state index in [2.05, 4.69) is 57.0 Å². The molecule has 0 radical (unpaired) electrons. The van der Waals surface area contributed by atoms with Gasteiger partial charge >= 0.3 is 0 Å². The van der Waals surface area contributed by atoms with E-state index >= 15 is 0 Å². The van der Waals surface area contributed by atoms with Crippen LogP contribution in [0.4, 0.5) is 5.82 Å². The summed E-state index contributed by atoms with van der Waals surface area (Å²) in [6, 6.07) is 4.39. The third-order valence-electron chi connectivity index (χ3n) is 3.74. The summed E-state index contributed by atoms with van der Waals surface area (Å²) in [6.07, 6.45) is 1.29. The number of hydrogen-bond donors (Lipinski definition) is 1. The van der Waals surface area contributed by atoms with Crippen molar-refractivity contribution in [1.29, 1.82) is 0 Å². The second-order valence-electron chi connectivity index (χ2n) is 6.86. The molecule has 0 spiro atoms. The quantitative estimate of drug-likeness (QED) is 0.906. The summed E-state index contributed by atoms with van der Waals surface area (Å²) in [7, 11) is 0. The Kier molecular flexibility index (Phi) is 4.14. The van der Waals surface area contributed by atoms with Gasteiger partial charge in [0, 0.05) is 30.9 Å². The van der Waals surface area contributed by atoms with Gasteiger partial charge in [-0.05, 0) is 51.7 Å². The minimum atomic E-state index is 0.148. The molecule has 0 saturated carbocycles. The molecule has 1 aliphatic heterocycles. The molecule has 1 aromatic heterocycles. The van der Waals surface area contributed by atoms with Crippen molar-refractivity contribution in [1.82, 2.24) is 10.3 Å². The van der Waals surface area contributed by atoms with E-state index in [0.29, 0.717) is 0 Å². The van der Waals surface area contributed by atoms with Gasteiger partial charge in [-0.1, -0.05) is 13.0 Å². The van der Waals surface area contributed by atoms with Gasteiger partial charge in [-0.25, -0.2) is 4.98 Å². The van der Waals surface area contributed by atoms with E-state index in [4.69, 9.17) is 4.98 Å². The molecule has 2 heterocycles. The molecule has 1 saturated heterocycles. The van der Waals surface area contributed by atoms with E-state index in [-0.39, 0.29) is 5.54 Å². The lowest BCUT2D eigenvalue weighted by Gasteiger charge is -2.22. The molecule has 2 rings (SSSR count). The lowest BCUT2D eigenvalue weighted by molar-refractivity contribution is 0.423. The van der Waals surface area contributed by atoms with Gasteiger partial charge < -0.3 is 10.2 Å². The van der Waals surface area contributed by atoms with Gasteiger partial charge in [-0.2, -0.15) is 0 Å². The fourth-order valence-corrected chi connectivity index (χ4v) is 2.44. The minimum absolute atomic E-state index is 0.148. The fourth-order valence-electron chi connectivity index (χ4n) is 2.44. The van der Waals surface area contributed by atoms with Crippen LogP contribution in [-0.2, 0) is 6.54 Å². The molecule has 106 valence electrons. The van der Waals surface area contributed by atoms with Crippen LogP contribution in [0.25, 0.3) is 0 Å². The van der Waals surface area contributed by atoms with E-state index in [1.165, 1.54) is 12.0 Å². The summed E-state index contributed by atoms with van der Waals surface area (Å²) in [5.41, 5.74) is 2.59. The van der Waals surface area contributed by atoms with Gasteiger partial charge in [0.05, 0.1) is 0 Å². The van der Waals surface area contributed by atoms with Crippen molar-refractivity contribution in [3.8, 4) is 0 Å². The highest BCUT2D eigenvalue weighted by Crippen LogP contribution is 2.23. The first-order chi connectivity index (χ1) is 8.85. The zero-order chi connectivity index (χ0) is 14.0. The van der Waals surface area contributed by atoms with Crippen LogP contribution in [0.3, 0.4) is 0 Å². The van der Waals surface area contributed by atoms with Gasteiger partial charge in [0.2, 0.25) is 0 Å². The Labute approximate surface area is 117 Å². The molecule has 0 aromatic carbocycles. The van der Waals surface area contributed by atoms with Crippen molar-refractivity contribution in [3.05, 3.63) is 23.4 Å². The molecular formula is C16H27N3. The van der Waals surface area contributed by atoms with Gasteiger partial charge in [-0.15, -0.1) is 0 Å². The number of nitrogens with one attached hydrogen (secondary N) is 1. The van der Waals surface area contributed by atoms with Crippen molar-refractivity contribution in [2.45, 2.75) is 53.1 Å². The summed E-state index contributed by atoms with van der Waals surface area (Å²) < 4.78 is 0. The van der Waals surface area contributed by atoms with Crippen molar-refractivity contribution < 1.29 is 0 Å². The zero-order valence-electron chi connectivity index (χ0n) is 13.0. The first-order valence-electron chi connectivity index (χ1n) is 7.31. The summed E-state index contributed by atoms with van der Waals surface area (Å²) in [5.74, 6) is 1.94. The maximum Gasteiger partial charge on any atom is 0.128 e. The van der Waals surface area contributed by atoms with Crippen molar-refractivity contribution >= 4 is 5.82 Å². The number of aryl methyl sites for hydroxylation is 1. The zero-order valence-corrected chi connectivity index (χ0v) is 13.0. The Balaban J connectivity index is 2.05. The van der Waals surface area contributed by atoms with Crippen molar-refractivity contribution in [3.63, 3.8) is 0 Å². The van der Waals surface area contributed by atoms with Gasteiger partial charge in [0.1, 0.15) is 5.82 Å². The molecular weight excluding hydrogens is 234 g/mol. The average molecular weight is 261 g/mol. The smallest absolute Gasteiger partial charge is 0.128 e. The maximum absolute atomic E-state index is 4.78. The average Bonchev–Trinajstić information content (AvgIpc) is 2.73. The number of aromatic nitrogens is 1. The Bertz CT molecular complexity index is 434. The Morgan fingerprint density at radius 1 is 1.37 bits per heavy atom. The standard InChI is InChI=1S/C16H27N3/c1-12-8-9-19(11-12)15-7-6-14(13(2)18-15)10-17-16(3,4)5/h6-7,12,17H,8-11H2,1-5H3. The first-order valence-corrected chi connectivity index (χ1v) is 7.31. The van der Waals surface area contributed by atoms with Gasteiger partial charge in [-0.3, -0.25) is 0 Å². The molecule has 1 fully saturated rings. The van der Waals surface area contributed by atoms with Crippen molar-refractivity contribution in [2.24, 2.45) is 5.92 Å². The molecule has 3 nitrogen and oxygen atoms in total. The maximum atomic E-state index is 4.78.